The summed E-state index contributed by atoms with van der Waals surface area (Å²) in [7, 11) is -0.597. The van der Waals surface area contributed by atoms with Gasteiger partial charge in [0.1, 0.15) is 0 Å². The summed E-state index contributed by atoms with van der Waals surface area (Å²) in [6.45, 7) is 2.50. The molecule has 6 nitrogen and oxygen atoms in total. The molecule has 0 aliphatic carbocycles. The molecule has 1 amide bonds. The molecule has 0 atom stereocenters. The van der Waals surface area contributed by atoms with Crippen LogP contribution in [-0.2, 0) is 0 Å². The molecule has 2 aliphatic heterocycles. The van der Waals surface area contributed by atoms with E-state index in [9.17, 15) is 13.6 Å². The third kappa shape index (κ3) is 6.98. The van der Waals surface area contributed by atoms with Crippen LogP contribution in [0.3, 0.4) is 0 Å². The summed E-state index contributed by atoms with van der Waals surface area (Å²) in [6, 6.07) is 13.2. The molecule has 3 N–H and O–H groups in total. The quantitative estimate of drug-likeness (QED) is 0.321. The first-order valence-electron chi connectivity index (χ1n) is 12.3. The number of aliphatic hydroxyl groups excluding tert-OH is 1. The molecule has 2 heterocycles. The van der Waals surface area contributed by atoms with Gasteiger partial charge in [-0.1, -0.05) is 18.0 Å². The molecule has 0 spiro atoms. The van der Waals surface area contributed by atoms with Gasteiger partial charge in [-0.05, 0) is 60.4 Å². The number of hydrogen-bond acceptors (Lipinski definition) is 6. The van der Waals surface area contributed by atoms with Crippen molar-refractivity contribution >= 4 is 50.6 Å². The van der Waals surface area contributed by atoms with Crippen LogP contribution in [0.25, 0.3) is 0 Å². The fraction of sp³-hybridized carbons (Fsp3) is 0.500. The maximum Gasteiger partial charge on any atom is 0.257 e. The lowest BCUT2D eigenvalue weighted by Crippen LogP contribution is -2.39. The van der Waals surface area contributed by atoms with Crippen LogP contribution in [0.4, 0.5) is 31.5 Å². The molecule has 0 aromatic heterocycles. The summed E-state index contributed by atoms with van der Waals surface area (Å²) in [5.74, 6) is 0.0360. The second-order valence-electron chi connectivity index (χ2n) is 9.92. The molecular weight excluding hydrogens is 502 g/mol. The largest absolute Gasteiger partial charge is 0.395 e. The van der Waals surface area contributed by atoms with Gasteiger partial charge in [-0.15, -0.1) is 0 Å². The normalized spacial score (nSPS) is 20.0. The van der Waals surface area contributed by atoms with Crippen molar-refractivity contribution in [1.82, 2.24) is 0 Å². The zero-order valence-corrected chi connectivity index (χ0v) is 22.6. The molecule has 2 fully saturated rings. The molecule has 2 aliphatic rings. The molecule has 36 heavy (non-hydrogen) atoms. The van der Waals surface area contributed by atoms with E-state index in [2.05, 4.69) is 27.5 Å². The molecule has 198 valence electrons. The van der Waals surface area contributed by atoms with Gasteiger partial charge >= 0.3 is 0 Å². The number of anilines is 4. The first kappa shape index (κ1) is 26.9. The molecule has 2 aromatic rings. The number of piperidine rings is 1. The lowest BCUT2D eigenvalue weighted by molar-refractivity contribution is -0.0220. The fourth-order valence-corrected chi connectivity index (χ4v) is 6.59. The highest BCUT2D eigenvalue weighted by atomic mass is 32.3. The van der Waals surface area contributed by atoms with E-state index in [4.69, 9.17) is 5.11 Å². The van der Waals surface area contributed by atoms with Crippen molar-refractivity contribution in [2.75, 3.05) is 82.4 Å². The molecule has 2 aromatic carbocycles. The Kier molecular flexibility index (Phi) is 8.57. The minimum atomic E-state index is -2.60. The van der Waals surface area contributed by atoms with E-state index in [1.54, 1.807) is 0 Å². The van der Waals surface area contributed by atoms with Gasteiger partial charge in [0.05, 0.1) is 17.9 Å². The predicted molar refractivity (Wildman–Crippen MR) is 152 cm³/mol. The van der Waals surface area contributed by atoms with Crippen LogP contribution < -0.4 is 19.8 Å². The molecule has 0 radical (unpaired) electrons. The summed E-state index contributed by atoms with van der Waals surface area (Å²) in [4.78, 5) is 17.7. The van der Waals surface area contributed by atoms with Crippen molar-refractivity contribution in [3.63, 3.8) is 0 Å². The Morgan fingerprint density at radius 3 is 2.44 bits per heavy atom. The molecule has 2 saturated heterocycles. The van der Waals surface area contributed by atoms with Gasteiger partial charge in [0.15, 0.2) is 0 Å². The van der Waals surface area contributed by atoms with Gasteiger partial charge in [-0.3, -0.25) is 4.79 Å². The monoisotopic (exact) mass is 538 g/mol. The number of halogens is 2. The zero-order chi connectivity index (χ0) is 25.8. The summed E-state index contributed by atoms with van der Waals surface area (Å²) in [6.07, 6.45) is 4.41. The van der Waals surface area contributed by atoms with Gasteiger partial charge in [0, 0.05) is 61.8 Å². The predicted octanol–water partition coefficient (Wildman–Crippen LogP) is 5.11. The minimum Gasteiger partial charge on any atom is -0.395 e. The van der Waals surface area contributed by atoms with Crippen molar-refractivity contribution in [3.05, 3.63) is 48.0 Å². The number of nitrogens with zero attached hydrogens (tertiary/aromatic N) is 2. The van der Waals surface area contributed by atoms with Crippen LogP contribution in [0.15, 0.2) is 42.5 Å². The third-order valence-corrected chi connectivity index (χ3v) is 10.1. The number of rotatable bonds is 8. The van der Waals surface area contributed by atoms with Gasteiger partial charge in [-0.2, -0.15) is 0 Å². The molecule has 0 bridgehead atoms. The van der Waals surface area contributed by atoms with E-state index >= 15 is 0 Å². The second-order valence-corrected chi connectivity index (χ2v) is 15.2. The van der Waals surface area contributed by atoms with Crippen molar-refractivity contribution in [1.29, 1.82) is 0 Å². The second kappa shape index (κ2) is 11.5. The first-order valence-corrected chi connectivity index (χ1v) is 16.0. The van der Waals surface area contributed by atoms with Gasteiger partial charge in [0.25, 0.3) is 11.8 Å². The molecule has 0 saturated carbocycles. The smallest absolute Gasteiger partial charge is 0.257 e. The van der Waals surface area contributed by atoms with Crippen LogP contribution in [0, 0.1) is 0 Å². The summed E-state index contributed by atoms with van der Waals surface area (Å²) in [5.41, 5.74) is 3.87. The Labute approximate surface area is 218 Å². The summed E-state index contributed by atoms with van der Waals surface area (Å²) >= 11 is 1.43. The number of hydrogen-bond donors (Lipinski definition) is 3. The highest BCUT2D eigenvalue weighted by Crippen LogP contribution is 2.43. The Balaban J connectivity index is 1.52. The summed E-state index contributed by atoms with van der Waals surface area (Å²) < 4.78 is 30.4. The Hall–Kier alpha value is -2.17. The Bertz CT molecular complexity index is 1050. The summed E-state index contributed by atoms with van der Waals surface area (Å²) in [5, 5.41) is 12.1. The number of carbonyl (C=O) groups is 1. The Morgan fingerprint density at radius 2 is 1.75 bits per heavy atom. The van der Waals surface area contributed by atoms with Gasteiger partial charge in [0.2, 0.25) is 0 Å². The first-order chi connectivity index (χ1) is 17.2. The van der Waals surface area contributed by atoms with Crippen molar-refractivity contribution in [3.8, 4) is 0 Å². The van der Waals surface area contributed by atoms with Crippen molar-refractivity contribution < 1.29 is 18.7 Å². The molecule has 10 heteroatoms. The SMILES string of the molecule is CS1(C)CCN(c2cc(NSCCO)ccc2C(=O)Nc2cccc(N3CCC(F)(F)CC3)c2)CC1. The minimum absolute atomic E-state index is 0.0912. The Morgan fingerprint density at radius 1 is 1.03 bits per heavy atom. The van der Waals surface area contributed by atoms with Crippen molar-refractivity contribution in [2.45, 2.75) is 18.8 Å². The van der Waals surface area contributed by atoms with E-state index in [0.29, 0.717) is 30.1 Å². The van der Waals surface area contributed by atoms with E-state index in [-0.39, 0.29) is 25.4 Å². The van der Waals surface area contributed by atoms with Crippen LogP contribution in [0.5, 0.6) is 0 Å². The molecular formula is C26H36F2N4O2S2. The number of carbonyl (C=O) groups excluding carboxylic acids is 1. The third-order valence-electron chi connectivity index (χ3n) is 6.76. The van der Waals surface area contributed by atoms with Crippen LogP contribution in [-0.4, -0.2) is 79.5 Å². The average Bonchev–Trinajstić information content (AvgIpc) is 2.84. The lowest BCUT2D eigenvalue weighted by atomic mass is 10.1. The average molecular weight is 539 g/mol. The fourth-order valence-electron chi connectivity index (χ4n) is 4.47. The van der Waals surface area contributed by atoms with Crippen LogP contribution in [0.2, 0.25) is 0 Å². The van der Waals surface area contributed by atoms with Crippen LogP contribution in [0.1, 0.15) is 23.2 Å². The number of benzene rings is 2. The van der Waals surface area contributed by atoms with Gasteiger partial charge < -0.3 is 24.9 Å². The lowest BCUT2D eigenvalue weighted by Gasteiger charge is -2.42. The number of alkyl halides is 2. The maximum absolute atomic E-state index is 13.6. The highest BCUT2D eigenvalue weighted by Gasteiger charge is 2.34. The van der Waals surface area contributed by atoms with E-state index in [1.807, 2.05) is 47.4 Å². The standard InChI is InChI=1S/C26H36F2N4O2S2/c1-36(2)16-12-32(13-17-36)24-19-21(30-35-15-14-33)6-7-23(24)25(34)29-20-4-3-5-22(18-20)31-10-8-26(27,28)9-11-31/h3-7,18-19,30,33H,8-17H2,1-2H3,(H,29,34). The maximum atomic E-state index is 13.6. The van der Waals surface area contributed by atoms with Crippen molar-refractivity contribution in [2.24, 2.45) is 0 Å². The van der Waals surface area contributed by atoms with E-state index in [0.717, 1.165) is 41.7 Å². The van der Waals surface area contributed by atoms with Gasteiger partial charge in [-0.25, -0.2) is 18.8 Å². The number of amides is 1. The van der Waals surface area contributed by atoms with Crippen LogP contribution >= 0.6 is 22.0 Å². The topological polar surface area (TPSA) is 67.8 Å². The molecule has 4 rings (SSSR count). The highest BCUT2D eigenvalue weighted by molar-refractivity contribution is 8.32. The molecule has 0 unspecified atom stereocenters. The zero-order valence-electron chi connectivity index (χ0n) is 20.9. The number of nitrogens with one attached hydrogen (secondary N) is 2. The van der Waals surface area contributed by atoms with E-state index < -0.39 is 16.0 Å². The van der Waals surface area contributed by atoms with E-state index in [1.165, 1.54) is 11.9 Å². The number of aliphatic hydroxyl groups is 1.